The molecule has 1 saturated carbocycles. The minimum Gasteiger partial charge on any atom is -0.338 e. The van der Waals surface area contributed by atoms with E-state index in [9.17, 15) is 9.18 Å². The summed E-state index contributed by atoms with van der Waals surface area (Å²) in [5.41, 5.74) is 8.58. The molecule has 25 heavy (non-hydrogen) atoms. The Morgan fingerprint density at radius 1 is 1.24 bits per heavy atom. The number of aromatic nitrogens is 2. The number of amides is 1. The van der Waals surface area contributed by atoms with E-state index < -0.39 is 5.82 Å². The molecule has 0 bridgehead atoms. The van der Waals surface area contributed by atoms with E-state index in [1.807, 2.05) is 24.8 Å². The van der Waals surface area contributed by atoms with E-state index in [1.54, 1.807) is 16.8 Å². The predicted octanol–water partition coefficient (Wildman–Crippen LogP) is 2.44. The smallest absolute Gasteiger partial charge is 0.253 e. The second-order valence-corrected chi connectivity index (χ2v) is 7.38. The SMILES string of the molecule is Cc1cc(C)n(-c2ccc(C(=O)N3CC4CCC(N)C4C3)cc2F)n1. The highest BCUT2D eigenvalue weighted by Crippen LogP contribution is 2.37. The quantitative estimate of drug-likeness (QED) is 0.912. The van der Waals surface area contributed by atoms with Crippen molar-refractivity contribution in [1.82, 2.24) is 14.7 Å². The van der Waals surface area contributed by atoms with Crippen molar-refractivity contribution < 1.29 is 9.18 Å². The minimum atomic E-state index is -0.437. The van der Waals surface area contributed by atoms with Crippen LogP contribution in [-0.4, -0.2) is 39.7 Å². The molecule has 6 heteroatoms. The Kier molecular flexibility index (Phi) is 3.87. The van der Waals surface area contributed by atoms with E-state index in [-0.39, 0.29) is 11.9 Å². The van der Waals surface area contributed by atoms with Crippen molar-refractivity contribution in [2.75, 3.05) is 13.1 Å². The highest BCUT2D eigenvalue weighted by molar-refractivity contribution is 5.94. The topological polar surface area (TPSA) is 64.2 Å². The lowest BCUT2D eigenvalue weighted by atomic mass is 9.98. The summed E-state index contributed by atoms with van der Waals surface area (Å²) in [6.45, 7) is 5.17. The van der Waals surface area contributed by atoms with E-state index in [0.717, 1.165) is 30.8 Å². The van der Waals surface area contributed by atoms with Gasteiger partial charge in [-0.25, -0.2) is 9.07 Å². The first-order valence-electron chi connectivity index (χ1n) is 8.82. The van der Waals surface area contributed by atoms with Crippen molar-refractivity contribution in [2.24, 2.45) is 17.6 Å². The van der Waals surface area contributed by atoms with Crippen LogP contribution >= 0.6 is 0 Å². The molecule has 3 atom stereocenters. The monoisotopic (exact) mass is 342 g/mol. The van der Waals surface area contributed by atoms with E-state index in [0.29, 0.717) is 29.6 Å². The summed E-state index contributed by atoms with van der Waals surface area (Å²) in [7, 11) is 0. The Morgan fingerprint density at radius 2 is 2.04 bits per heavy atom. The molecular formula is C19H23FN4O. The lowest BCUT2D eigenvalue weighted by Crippen LogP contribution is -2.33. The summed E-state index contributed by atoms with van der Waals surface area (Å²) in [6, 6.07) is 6.72. The van der Waals surface area contributed by atoms with Crippen molar-refractivity contribution in [3.8, 4) is 5.69 Å². The second-order valence-electron chi connectivity index (χ2n) is 7.38. The fourth-order valence-corrected chi connectivity index (χ4v) is 4.34. The average Bonchev–Trinajstić information content (AvgIpc) is 3.23. The Labute approximate surface area is 146 Å². The van der Waals surface area contributed by atoms with Crippen molar-refractivity contribution in [3.05, 3.63) is 47.0 Å². The number of halogens is 1. The van der Waals surface area contributed by atoms with E-state index in [2.05, 4.69) is 5.10 Å². The van der Waals surface area contributed by atoms with Gasteiger partial charge in [0.05, 0.1) is 5.69 Å². The third kappa shape index (κ3) is 2.74. The number of aryl methyl sites for hydroxylation is 2. The molecule has 4 rings (SSSR count). The molecule has 2 N–H and O–H groups in total. The third-order valence-electron chi connectivity index (χ3n) is 5.63. The largest absolute Gasteiger partial charge is 0.338 e. The van der Waals surface area contributed by atoms with Gasteiger partial charge in [0.15, 0.2) is 0 Å². The summed E-state index contributed by atoms with van der Waals surface area (Å²) < 4.78 is 16.2. The number of benzene rings is 1. The van der Waals surface area contributed by atoms with Gasteiger partial charge in [-0.1, -0.05) is 0 Å². The van der Waals surface area contributed by atoms with Crippen LogP contribution in [0.2, 0.25) is 0 Å². The molecule has 1 amide bonds. The molecule has 3 unspecified atom stereocenters. The van der Waals surface area contributed by atoms with Gasteiger partial charge in [-0.2, -0.15) is 5.10 Å². The van der Waals surface area contributed by atoms with E-state index >= 15 is 0 Å². The molecule has 5 nitrogen and oxygen atoms in total. The van der Waals surface area contributed by atoms with Crippen molar-refractivity contribution in [3.63, 3.8) is 0 Å². The highest BCUT2D eigenvalue weighted by atomic mass is 19.1. The normalized spacial score (nSPS) is 25.4. The van der Waals surface area contributed by atoms with Crippen molar-refractivity contribution in [2.45, 2.75) is 32.7 Å². The Bertz CT molecular complexity index is 831. The van der Waals surface area contributed by atoms with Crippen LogP contribution in [0.3, 0.4) is 0 Å². The summed E-state index contributed by atoms with van der Waals surface area (Å²) >= 11 is 0. The number of fused-ring (bicyclic) bond motifs is 1. The fourth-order valence-electron chi connectivity index (χ4n) is 4.34. The zero-order chi connectivity index (χ0) is 17.7. The number of rotatable bonds is 2. The van der Waals surface area contributed by atoms with Crippen molar-refractivity contribution >= 4 is 5.91 Å². The first-order chi connectivity index (χ1) is 11.9. The van der Waals surface area contributed by atoms with Gasteiger partial charge in [-0.05, 0) is 62.8 Å². The molecule has 0 spiro atoms. The van der Waals surface area contributed by atoms with Crippen LogP contribution in [0, 0.1) is 31.5 Å². The lowest BCUT2D eigenvalue weighted by Gasteiger charge is -2.19. The molecule has 2 heterocycles. The van der Waals surface area contributed by atoms with Crippen LogP contribution in [0.5, 0.6) is 0 Å². The molecule has 2 fully saturated rings. The molecule has 1 aliphatic heterocycles. The number of nitrogens with zero attached hydrogens (tertiary/aromatic N) is 3. The zero-order valence-corrected chi connectivity index (χ0v) is 14.6. The predicted molar refractivity (Wildman–Crippen MR) is 93.1 cm³/mol. The van der Waals surface area contributed by atoms with Gasteiger partial charge in [0.25, 0.3) is 5.91 Å². The summed E-state index contributed by atoms with van der Waals surface area (Å²) in [6.07, 6.45) is 2.13. The number of carbonyl (C=O) groups excluding carboxylic acids is 1. The van der Waals surface area contributed by atoms with Gasteiger partial charge in [0, 0.05) is 30.4 Å². The minimum absolute atomic E-state index is 0.111. The van der Waals surface area contributed by atoms with E-state index in [4.69, 9.17) is 5.73 Å². The van der Waals surface area contributed by atoms with Gasteiger partial charge in [-0.3, -0.25) is 4.79 Å². The maximum absolute atomic E-state index is 14.6. The standard InChI is InChI=1S/C19H23FN4O/c1-11-7-12(2)24(22-11)18-6-4-13(8-16(18)20)19(25)23-9-14-3-5-17(21)15(14)10-23/h4,6-8,14-15,17H,3,5,9-10,21H2,1-2H3. The van der Waals surface area contributed by atoms with Crippen LogP contribution in [0.4, 0.5) is 4.39 Å². The average molecular weight is 342 g/mol. The molecule has 1 aliphatic carbocycles. The highest BCUT2D eigenvalue weighted by Gasteiger charge is 2.42. The molecule has 132 valence electrons. The maximum Gasteiger partial charge on any atom is 0.253 e. The van der Waals surface area contributed by atoms with Gasteiger partial charge in [-0.15, -0.1) is 0 Å². The van der Waals surface area contributed by atoms with Crippen LogP contribution in [0.25, 0.3) is 5.69 Å². The number of likely N-dealkylation sites (tertiary alicyclic amines) is 1. The summed E-state index contributed by atoms with van der Waals surface area (Å²) in [5.74, 6) is 0.342. The molecule has 2 aliphatic rings. The Morgan fingerprint density at radius 3 is 2.68 bits per heavy atom. The number of carbonyl (C=O) groups is 1. The molecule has 2 aromatic rings. The van der Waals surface area contributed by atoms with Crippen LogP contribution in [-0.2, 0) is 0 Å². The van der Waals surface area contributed by atoms with Gasteiger partial charge >= 0.3 is 0 Å². The van der Waals surface area contributed by atoms with Crippen LogP contribution in [0.15, 0.2) is 24.3 Å². The Balaban J connectivity index is 1.57. The molecule has 0 radical (unpaired) electrons. The molecule has 1 aromatic carbocycles. The molecular weight excluding hydrogens is 319 g/mol. The third-order valence-corrected chi connectivity index (χ3v) is 5.63. The first-order valence-corrected chi connectivity index (χ1v) is 8.82. The van der Waals surface area contributed by atoms with Crippen molar-refractivity contribution in [1.29, 1.82) is 0 Å². The van der Waals surface area contributed by atoms with Crippen LogP contribution < -0.4 is 5.73 Å². The zero-order valence-electron chi connectivity index (χ0n) is 14.6. The molecule has 1 saturated heterocycles. The number of hydrogen-bond donors (Lipinski definition) is 1. The number of nitrogens with two attached hydrogens (primary N) is 1. The lowest BCUT2D eigenvalue weighted by molar-refractivity contribution is 0.0779. The van der Waals surface area contributed by atoms with Gasteiger partial charge < -0.3 is 10.6 Å². The second kappa shape index (κ2) is 5.95. The maximum atomic E-state index is 14.6. The van der Waals surface area contributed by atoms with Gasteiger partial charge in [0.1, 0.15) is 11.5 Å². The Hall–Kier alpha value is -2.21. The van der Waals surface area contributed by atoms with E-state index in [1.165, 1.54) is 6.07 Å². The van der Waals surface area contributed by atoms with Crippen LogP contribution in [0.1, 0.15) is 34.6 Å². The fraction of sp³-hybridized carbons (Fsp3) is 0.474. The first kappa shape index (κ1) is 16.3. The molecule has 1 aromatic heterocycles. The van der Waals surface area contributed by atoms with Gasteiger partial charge in [0.2, 0.25) is 0 Å². The summed E-state index contributed by atoms with van der Waals surface area (Å²) in [5, 5.41) is 4.31. The number of hydrogen-bond acceptors (Lipinski definition) is 3. The summed E-state index contributed by atoms with van der Waals surface area (Å²) in [4.78, 5) is 14.6.